The van der Waals surface area contributed by atoms with Gasteiger partial charge in [0.05, 0.1) is 5.52 Å². The van der Waals surface area contributed by atoms with Gasteiger partial charge < -0.3 is 0 Å². The molecule has 2 fully saturated rings. The summed E-state index contributed by atoms with van der Waals surface area (Å²) in [5, 5.41) is 0.862. The minimum Gasteiger partial charge on any atom is -0.255 e. The van der Waals surface area contributed by atoms with Gasteiger partial charge in [-0.1, -0.05) is 29.3 Å². The van der Waals surface area contributed by atoms with E-state index in [1.807, 2.05) is 18.2 Å². The number of benzene rings is 1. The Labute approximate surface area is 130 Å². The van der Waals surface area contributed by atoms with Gasteiger partial charge in [-0.05, 0) is 37.8 Å². The lowest BCUT2D eigenvalue weighted by Gasteiger charge is -2.28. The fraction of sp³-hybridized carbons (Fsp3) is 0.353. The third-order valence-corrected chi connectivity index (χ3v) is 6.47. The maximum absolute atomic E-state index is 13.0. The molecule has 1 aromatic heterocycles. The smallest absolute Gasteiger partial charge is 0.245 e. The normalized spacial score (nSPS) is 19.6. The molecule has 22 heavy (non-hydrogen) atoms. The molecule has 0 bridgehead atoms. The number of piperidine rings is 1. The fourth-order valence-electron chi connectivity index (χ4n) is 3.19. The SMILES string of the molecule is O=S(=O)(c1cccc2cccnc12)N1CCC(=C2CC2)CC1. The molecule has 1 saturated heterocycles. The topological polar surface area (TPSA) is 50.3 Å². The van der Waals surface area contributed by atoms with Crippen LogP contribution in [0.5, 0.6) is 0 Å². The van der Waals surface area contributed by atoms with Crippen LogP contribution >= 0.6 is 0 Å². The molecule has 2 aliphatic rings. The van der Waals surface area contributed by atoms with E-state index in [4.69, 9.17) is 0 Å². The molecule has 2 aromatic rings. The average molecular weight is 314 g/mol. The first-order valence-electron chi connectivity index (χ1n) is 7.70. The van der Waals surface area contributed by atoms with Gasteiger partial charge in [-0.2, -0.15) is 4.31 Å². The predicted octanol–water partition coefficient (Wildman–Crippen LogP) is 3.11. The minimum atomic E-state index is -3.47. The van der Waals surface area contributed by atoms with Crippen LogP contribution in [0.15, 0.2) is 52.6 Å². The molecule has 0 unspecified atom stereocenters. The summed E-state index contributed by atoms with van der Waals surface area (Å²) in [6.07, 6.45) is 5.84. The third-order valence-electron chi connectivity index (χ3n) is 4.54. The molecule has 0 atom stereocenters. The molecule has 0 N–H and O–H groups in total. The Morgan fingerprint density at radius 3 is 2.32 bits per heavy atom. The molecule has 2 heterocycles. The second kappa shape index (κ2) is 5.18. The quantitative estimate of drug-likeness (QED) is 0.800. The first-order chi connectivity index (χ1) is 10.7. The third kappa shape index (κ3) is 2.34. The first-order valence-corrected chi connectivity index (χ1v) is 9.14. The Morgan fingerprint density at radius 1 is 0.909 bits per heavy atom. The van der Waals surface area contributed by atoms with E-state index < -0.39 is 10.0 Å². The Hall–Kier alpha value is -1.72. The molecule has 0 radical (unpaired) electrons. The summed E-state index contributed by atoms with van der Waals surface area (Å²) in [7, 11) is -3.47. The van der Waals surface area contributed by atoms with Crippen molar-refractivity contribution in [2.75, 3.05) is 13.1 Å². The lowest BCUT2D eigenvalue weighted by Crippen LogP contribution is -2.36. The summed E-state index contributed by atoms with van der Waals surface area (Å²) in [6, 6.07) is 9.08. The van der Waals surface area contributed by atoms with Crippen molar-refractivity contribution in [1.82, 2.24) is 9.29 Å². The number of para-hydroxylation sites is 1. The highest BCUT2D eigenvalue weighted by molar-refractivity contribution is 7.89. The number of hydrogen-bond acceptors (Lipinski definition) is 3. The highest BCUT2D eigenvalue weighted by Gasteiger charge is 2.30. The van der Waals surface area contributed by atoms with E-state index in [1.54, 1.807) is 28.2 Å². The van der Waals surface area contributed by atoms with Gasteiger partial charge in [0, 0.05) is 24.7 Å². The Balaban J connectivity index is 1.69. The van der Waals surface area contributed by atoms with Crippen LogP contribution in [0.2, 0.25) is 0 Å². The summed E-state index contributed by atoms with van der Waals surface area (Å²) in [5.41, 5.74) is 3.61. The van der Waals surface area contributed by atoms with Crippen molar-refractivity contribution in [2.45, 2.75) is 30.6 Å². The number of fused-ring (bicyclic) bond motifs is 1. The standard InChI is InChI=1S/C17H18N2O2S/c20-22(21,19-11-8-14(9-12-19)13-6-7-13)16-5-1-3-15-4-2-10-18-17(15)16/h1-5,10H,6-9,11-12H2. The maximum Gasteiger partial charge on any atom is 0.245 e. The largest absolute Gasteiger partial charge is 0.255 e. The molecular formula is C17H18N2O2S. The molecule has 4 nitrogen and oxygen atoms in total. The Morgan fingerprint density at radius 2 is 1.59 bits per heavy atom. The first kappa shape index (κ1) is 13.9. The van der Waals surface area contributed by atoms with E-state index in [1.165, 1.54) is 18.4 Å². The van der Waals surface area contributed by atoms with Gasteiger partial charge in [0.15, 0.2) is 0 Å². The van der Waals surface area contributed by atoms with Crippen molar-refractivity contribution < 1.29 is 8.42 Å². The van der Waals surface area contributed by atoms with E-state index >= 15 is 0 Å². The van der Waals surface area contributed by atoms with Crippen LogP contribution in [0.25, 0.3) is 10.9 Å². The van der Waals surface area contributed by atoms with Crippen LogP contribution < -0.4 is 0 Å². The molecule has 0 spiro atoms. The maximum atomic E-state index is 13.0. The number of aromatic nitrogens is 1. The molecule has 1 aliphatic heterocycles. The number of sulfonamides is 1. The van der Waals surface area contributed by atoms with Crippen LogP contribution in [0, 0.1) is 0 Å². The molecule has 5 heteroatoms. The van der Waals surface area contributed by atoms with Crippen LogP contribution in [-0.4, -0.2) is 30.8 Å². The monoisotopic (exact) mass is 314 g/mol. The summed E-state index contributed by atoms with van der Waals surface area (Å²) in [6.45, 7) is 1.18. The summed E-state index contributed by atoms with van der Waals surface area (Å²) >= 11 is 0. The number of nitrogens with zero attached hydrogens (tertiary/aromatic N) is 2. The molecule has 4 rings (SSSR count). The molecule has 1 aromatic carbocycles. The number of rotatable bonds is 2. The zero-order valence-electron chi connectivity index (χ0n) is 12.3. The van der Waals surface area contributed by atoms with Gasteiger partial charge in [0.25, 0.3) is 0 Å². The van der Waals surface area contributed by atoms with Crippen molar-refractivity contribution in [3.63, 3.8) is 0 Å². The number of hydrogen-bond donors (Lipinski definition) is 0. The zero-order chi connectivity index (χ0) is 15.2. The number of pyridine rings is 1. The van der Waals surface area contributed by atoms with E-state index in [0.717, 1.165) is 18.2 Å². The van der Waals surface area contributed by atoms with Crippen molar-refractivity contribution in [3.05, 3.63) is 47.7 Å². The second-order valence-electron chi connectivity index (χ2n) is 5.94. The van der Waals surface area contributed by atoms with Crippen LogP contribution in [0.3, 0.4) is 0 Å². The van der Waals surface area contributed by atoms with Crippen LogP contribution in [0.1, 0.15) is 25.7 Å². The molecule has 1 saturated carbocycles. The van der Waals surface area contributed by atoms with Crippen molar-refractivity contribution in [2.24, 2.45) is 0 Å². The van der Waals surface area contributed by atoms with Crippen LogP contribution in [0.4, 0.5) is 0 Å². The average Bonchev–Trinajstić information content (AvgIpc) is 3.39. The van der Waals surface area contributed by atoms with Gasteiger partial charge >= 0.3 is 0 Å². The predicted molar refractivity (Wildman–Crippen MR) is 86.0 cm³/mol. The summed E-state index contributed by atoms with van der Waals surface area (Å²) in [5.74, 6) is 0. The fourth-order valence-corrected chi connectivity index (χ4v) is 4.80. The zero-order valence-corrected chi connectivity index (χ0v) is 13.1. The lowest BCUT2D eigenvalue weighted by molar-refractivity contribution is 0.386. The van der Waals surface area contributed by atoms with Crippen LogP contribution in [-0.2, 0) is 10.0 Å². The summed E-state index contributed by atoms with van der Waals surface area (Å²) in [4.78, 5) is 4.61. The van der Waals surface area contributed by atoms with Gasteiger partial charge in [0.2, 0.25) is 10.0 Å². The van der Waals surface area contributed by atoms with Crippen molar-refractivity contribution in [3.8, 4) is 0 Å². The van der Waals surface area contributed by atoms with Crippen molar-refractivity contribution in [1.29, 1.82) is 0 Å². The van der Waals surface area contributed by atoms with Gasteiger partial charge in [-0.15, -0.1) is 0 Å². The van der Waals surface area contributed by atoms with E-state index in [2.05, 4.69) is 4.98 Å². The Bertz CT molecular complexity index is 850. The Kier molecular flexibility index (Phi) is 3.27. The highest BCUT2D eigenvalue weighted by Crippen LogP contribution is 2.37. The van der Waals surface area contributed by atoms with Gasteiger partial charge in [-0.3, -0.25) is 4.98 Å². The van der Waals surface area contributed by atoms with Gasteiger partial charge in [0.1, 0.15) is 4.90 Å². The molecular weight excluding hydrogens is 296 g/mol. The van der Waals surface area contributed by atoms with Gasteiger partial charge in [-0.25, -0.2) is 8.42 Å². The van der Waals surface area contributed by atoms with E-state index in [9.17, 15) is 8.42 Å². The molecule has 114 valence electrons. The molecule has 0 amide bonds. The van der Waals surface area contributed by atoms with E-state index in [-0.39, 0.29) is 0 Å². The highest BCUT2D eigenvalue weighted by atomic mass is 32.2. The second-order valence-corrected chi connectivity index (χ2v) is 7.85. The summed E-state index contributed by atoms with van der Waals surface area (Å²) < 4.78 is 27.5. The molecule has 1 aliphatic carbocycles. The van der Waals surface area contributed by atoms with Crippen molar-refractivity contribution >= 4 is 20.9 Å². The van der Waals surface area contributed by atoms with E-state index in [0.29, 0.717) is 23.5 Å². The minimum absolute atomic E-state index is 0.327. The lowest BCUT2D eigenvalue weighted by atomic mass is 10.1. The number of allylic oxidation sites excluding steroid dienone is 1.